The Morgan fingerprint density at radius 1 is 1.31 bits per heavy atom. The Bertz CT molecular complexity index is 476. The van der Waals surface area contributed by atoms with Crippen LogP contribution in [0, 0.1) is 0 Å². The van der Waals surface area contributed by atoms with Crippen LogP contribution in [0.5, 0.6) is 0 Å². The molecule has 0 spiro atoms. The summed E-state index contributed by atoms with van der Waals surface area (Å²) >= 11 is 5.19. The number of aromatic nitrogens is 2. The van der Waals surface area contributed by atoms with Crippen LogP contribution in [0.2, 0.25) is 0 Å². The largest absolute Gasteiger partial charge is 0.399 e. The standard InChI is InChI=1S/C11H10BrN3S/c12-10-5-8(13)1-2-11(10)16-7-9-6-14-3-4-15-9/h1-6H,7,13H2. The van der Waals surface area contributed by atoms with Gasteiger partial charge in [-0.15, -0.1) is 11.8 Å². The van der Waals surface area contributed by atoms with Gasteiger partial charge in [0.25, 0.3) is 0 Å². The highest BCUT2D eigenvalue weighted by molar-refractivity contribution is 9.10. The normalized spacial score (nSPS) is 10.3. The summed E-state index contributed by atoms with van der Waals surface area (Å²) in [6.45, 7) is 0. The molecule has 2 N–H and O–H groups in total. The molecule has 3 nitrogen and oxygen atoms in total. The van der Waals surface area contributed by atoms with E-state index in [-0.39, 0.29) is 0 Å². The molecule has 0 radical (unpaired) electrons. The number of thioether (sulfide) groups is 1. The number of nitrogen functional groups attached to an aromatic ring is 1. The van der Waals surface area contributed by atoms with Crippen LogP contribution in [0.15, 0.2) is 46.2 Å². The molecule has 0 fully saturated rings. The van der Waals surface area contributed by atoms with Crippen molar-refractivity contribution in [3.63, 3.8) is 0 Å². The molecule has 0 unspecified atom stereocenters. The van der Waals surface area contributed by atoms with Crippen LogP contribution >= 0.6 is 27.7 Å². The van der Waals surface area contributed by atoms with Gasteiger partial charge in [0.05, 0.1) is 5.69 Å². The second-order valence-corrected chi connectivity index (χ2v) is 5.05. The minimum Gasteiger partial charge on any atom is -0.399 e. The highest BCUT2D eigenvalue weighted by Crippen LogP contribution is 2.30. The van der Waals surface area contributed by atoms with Gasteiger partial charge >= 0.3 is 0 Å². The molecule has 0 aliphatic rings. The number of halogens is 1. The van der Waals surface area contributed by atoms with E-state index in [1.807, 2.05) is 18.2 Å². The van der Waals surface area contributed by atoms with E-state index in [4.69, 9.17) is 5.73 Å². The van der Waals surface area contributed by atoms with E-state index in [1.54, 1.807) is 30.4 Å². The van der Waals surface area contributed by atoms with Crippen molar-refractivity contribution in [1.29, 1.82) is 0 Å². The summed E-state index contributed by atoms with van der Waals surface area (Å²) in [5, 5.41) is 0. The van der Waals surface area contributed by atoms with Crippen LogP contribution in [0.3, 0.4) is 0 Å². The fraction of sp³-hybridized carbons (Fsp3) is 0.0909. The maximum atomic E-state index is 5.67. The van der Waals surface area contributed by atoms with Gasteiger partial charge in [-0.2, -0.15) is 0 Å². The van der Waals surface area contributed by atoms with E-state index in [0.717, 1.165) is 26.5 Å². The third kappa shape index (κ3) is 2.96. The zero-order chi connectivity index (χ0) is 11.4. The van der Waals surface area contributed by atoms with Crippen LogP contribution in [0.1, 0.15) is 5.69 Å². The smallest absolute Gasteiger partial charge is 0.0689 e. The van der Waals surface area contributed by atoms with Crippen LogP contribution in [0.4, 0.5) is 5.69 Å². The molecule has 16 heavy (non-hydrogen) atoms. The van der Waals surface area contributed by atoms with Crippen LogP contribution in [0.25, 0.3) is 0 Å². The Kier molecular flexibility index (Phi) is 3.79. The lowest BCUT2D eigenvalue weighted by Gasteiger charge is -2.04. The predicted molar refractivity (Wildman–Crippen MR) is 70.1 cm³/mol. The van der Waals surface area contributed by atoms with E-state index in [9.17, 15) is 0 Å². The average molecular weight is 296 g/mol. The minimum atomic E-state index is 0.760. The lowest BCUT2D eigenvalue weighted by molar-refractivity contribution is 1.10. The lowest BCUT2D eigenvalue weighted by Crippen LogP contribution is -1.88. The number of nitrogens with zero attached hydrogens (tertiary/aromatic N) is 2. The predicted octanol–water partition coefficient (Wildman–Crippen LogP) is 3.11. The third-order valence-electron chi connectivity index (χ3n) is 1.95. The molecule has 0 atom stereocenters. The SMILES string of the molecule is Nc1ccc(SCc2cnccn2)c(Br)c1. The summed E-state index contributed by atoms with van der Waals surface area (Å²) in [5.41, 5.74) is 7.40. The second-order valence-electron chi connectivity index (χ2n) is 3.18. The van der Waals surface area contributed by atoms with Crippen molar-refractivity contribution in [2.45, 2.75) is 10.6 Å². The summed E-state index contributed by atoms with van der Waals surface area (Å²) < 4.78 is 1.02. The Hall–Kier alpha value is -1.07. The van der Waals surface area contributed by atoms with Crippen molar-refractivity contribution in [1.82, 2.24) is 9.97 Å². The number of hydrogen-bond acceptors (Lipinski definition) is 4. The topological polar surface area (TPSA) is 51.8 Å². The zero-order valence-electron chi connectivity index (χ0n) is 8.43. The fourth-order valence-electron chi connectivity index (χ4n) is 1.19. The summed E-state index contributed by atoms with van der Waals surface area (Å²) in [4.78, 5) is 9.40. The first-order chi connectivity index (χ1) is 7.75. The molecule has 82 valence electrons. The maximum Gasteiger partial charge on any atom is 0.0689 e. The lowest BCUT2D eigenvalue weighted by atomic mass is 10.3. The van der Waals surface area contributed by atoms with Crippen molar-refractivity contribution in [2.75, 3.05) is 5.73 Å². The molecule has 0 aliphatic carbocycles. The molecule has 0 amide bonds. The van der Waals surface area contributed by atoms with Gasteiger partial charge in [0.1, 0.15) is 0 Å². The number of benzene rings is 1. The van der Waals surface area contributed by atoms with E-state index >= 15 is 0 Å². The van der Waals surface area contributed by atoms with Gasteiger partial charge in [-0.3, -0.25) is 9.97 Å². The monoisotopic (exact) mass is 295 g/mol. The summed E-state index contributed by atoms with van der Waals surface area (Å²) in [5.74, 6) is 0.802. The Balaban J connectivity index is 2.05. The van der Waals surface area contributed by atoms with Crippen molar-refractivity contribution in [3.05, 3.63) is 47.0 Å². The van der Waals surface area contributed by atoms with Crippen LogP contribution in [-0.4, -0.2) is 9.97 Å². The second kappa shape index (κ2) is 5.32. The Labute approximate surface area is 107 Å². The molecule has 0 saturated heterocycles. The molecule has 0 saturated carbocycles. The number of hydrogen-bond donors (Lipinski definition) is 1. The average Bonchev–Trinajstić information content (AvgIpc) is 2.29. The highest BCUT2D eigenvalue weighted by atomic mass is 79.9. The van der Waals surface area contributed by atoms with E-state index in [2.05, 4.69) is 25.9 Å². The first kappa shape index (κ1) is 11.4. The van der Waals surface area contributed by atoms with Crippen LogP contribution in [-0.2, 0) is 5.75 Å². The van der Waals surface area contributed by atoms with Crippen molar-refractivity contribution >= 4 is 33.4 Å². The molecular weight excluding hydrogens is 286 g/mol. The summed E-state index contributed by atoms with van der Waals surface area (Å²) in [6.07, 6.45) is 5.15. The van der Waals surface area contributed by atoms with Gasteiger partial charge in [-0.05, 0) is 34.1 Å². The van der Waals surface area contributed by atoms with Crippen molar-refractivity contribution in [3.8, 4) is 0 Å². The van der Waals surface area contributed by atoms with Crippen molar-refractivity contribution < 1.29 is 0 Å². The van der Waals surface area contributed by atoms with Gasteiger partial charge in [0, 0.05) is 39.4 Å². The van der Waals surface area contributed by atoms with Gasteiger partial charge in [-0.25, -0.2) is 0 Å². The Morgan fingerprint density at radius 2 is 2.19 bits per heavy atom. The Morgan fingerprint density at radius 3 is 2.88 bits per heavy atom. The first-order valence-corrected chi connectivity index (χ1v) is 6.46. The van der Waals surface area contributed by atoms with Crippen molar-refractivity contribution in [2.24, 2.45) is 0 Å². The van der Waals surface area contributed by atoms with E-state index in [0.29, 0.717) is 0 Å². The molecule has 1 aromatic heterocycles. The number of rotatable bonds is 3. The minimum absolute atomic E-state index is 0.760. The van der Waals surface area contributed by atoms with Gasteiger partial charge in [0.2, 0.25) is 0 Å². The number of anilines is 1. The first-order valence-electron chi connectivity index (χ1n) is 4.68. The van der Waals surface area contributed by atoms with E-state index < -0.39 is 0 Å². The summed E-state index contributed by atoms with van der Waals surface area (Å²) in [6, 6.07) is 5.79. The molecule has 1 heterocycles. The molecule has 2 rings (SSSR count). The quantitative estimate of drug-likeness (QED) is 0.698. The maximum absolute atomic E-state index is 5.67. The molecular formula is C11H10BrN3S. The highest BCUT2D eigenvalue weighted by Gasteiger charge is 2.02. The molecule has 1 aromatic carbocycles. The van der Waals surface area contributed by atoms with Gasteiger partial charge in [0.15, 0.2) is 0 Å². The molecule has 0 bridgehead atoms. The fourth-order valence-corrected chi connectivity index (χ4v) is 2.74. The summed E-state index contributed by atoms with van der Waals surface area (Å²) in [7, 11) is 0. The molecule has 2 aromatic rings. The zero-order valence-corrected chi connectivity index (χ0v) is 10.8. The molecule has 5 heteroatoms. The third-order valence-corrected chi connectivity index (χ3v) is 3.97. The van der Waals surface area contributed by atoms with Gasteiger partial charge in [-0.1, -0.05) is 0 Å². The number of nitrogens with two attached hydrogens (primary N) is 1. The molecule has 0 aliphatic heterocycles. The van der Waals surface area contributed by atoms with Gasteiger partial charge < -0.3 is 5.73 Å². The van der Waals surface area contributed by atoms with Crippen LogP contribution < -0.4 is 5.73 Å². The van der Waals surface area contributed by atoms with E-state index in [1.165, 1.54) is 0 Å².